The molecule has 0 saturated carbocycles. The highest BCUT2D eigenvalue weighted by molar-refractivity contribution is 7.98. The standard InChI is InChI=1S/C13H17ClN2O4S/c1-20-8-3-4-9(14)11(7-8)16-13(19)15-10(12(17)18)5-6-21-2/h3-4,7,10H,5-6H2,1-2H3,(H,17,18)(H2,15,16,19)/t10-/m1/s1. The van der Waals surface area contributed by atoms with Crippen LogP contribution in [0.15, 0.2) is 18.2 Å². The minimum absolute atomic E-state index is 0.335. The Hall–Kier alpha value is -1.60. The van der Waals surface area contributed by atoms with Gasteiger partial charge in [0.2, 0.25) is 0 Å². The van der Waals surface area contributed by atoms with Gasteiger partial charge in [0.1, 0.15) is 11.8 Å². The van der Waals surface area contributed by atoms with Crippen molar-refractivity contribution in [3.8, 4) is 5.75 Å². The van der Waals surface area contributed by atoms with Gasteiger partial charge in [-0.2, -0.15) is 11.8 Å². The van der Waals surface area contributed by atoms with E-state index in [0.29, 0.717) is 28.6 Å². The first-order chi connectivity index (χ1) is 9.97. The van der Waals surface area contributed by atoms with E-state index in [0.717, 1.165) is 0 Å². The number of thioether (sulfide) groups is 1. The van der Waals surface area contributed by atoms with Crippen molar-refractivity contribution in [2.24, 2.45) is 0 Å². The highest BCUT2D eigenvalue weighted by Crippen LogP contribution is 2.26. The molecule has 2 amide bonds. The van der Waals surface area contributed by atoms with E-state index in [-0.39, 0.29) is 0 Å². The third kappa shape index (κ3) is 5.73. The molecule has 0 aliphatic heterocycles. The highest BCUT2D eigenvalue weighted by atomic mass is 35.5. The number of ether oxygens (including phenoxy) is 1. The summed E-state index contributed by atoms with van der Waals surface area (Å²) in [5.41, 5.74) is 0.350. The predicted octanol–water partition coefficient (Wildman–Crippen LogP) is 2.68. The minimum Gasteiger partial charge on any atom is -0.497 e. The van der Waals surface area contributed by atoms with Crippen LogP contribution in [0.2, 0.25) is 5.02 Å². The van der Waals surface area contributed by atoms with E-state index < -0.39 is 18.0 Å². The van der Waals surface area contributed by atoms with Crippen LogP contribution in [-0.2, 0) is 4.79 Å². The first-order valence-electron chi connectivity index (χ1n) is 6.10. The summed E-state index contributed by atoms with van der Waals surface area (Å²) in [7, 11) is 1.50. The Bertz CT molecular complexity index is 513. The molecule has 1 aromatic carbocycles. The number of aliphatic carboxylic acids is 1. The maximum Gasteiger partial charge on any atom is 0.326 e. The SMILES string of the molecule is COc1ccc(Cl)c(NC(=O)N[C@H](CCSC)C(=O)O)c1. The van der Waals surface area contributed by atoms with Crippen LogP contribution in [0.3, 0.4) is 0 Å². The number of anilines is 1. The van der Waals surface area contributed by atoms with Crippen LogP contribution in [0.1, 0.15) is 6.42 Å². The first kappa shape index (κ1) is 17.5. The summed E-state index contributed by atoms with van der Waals surface area (Å²) in [6.07, 6.45) is 2.21. The molecular weight excluding hydrogens is 316 g/mol. The van der Waals surface area contributed by atoms with E-state index in [9.17, 15) is 9.59 Å². The van der Waals surface area contributed by atoms with Crippen molar-refractivity contribution in [1.29, 1.82) is 0 Å². The Morgan fingerprint density at radius 3 is 2.76 bits per heavy atom. The van der Waals surface area contributed by atoms with Crippen LogP contribution in [0.5, 0.6) is 5.75 Å². The van der Waals surface area contributed by atoms with Crippen molar-refractivity contribution in [2.45, 2.75) is 12.5 Å². The van der Waals surface area contributed by atoms with Crippen molar-refractivity contribution >= 4 is 41.1 Å². The van der Waals surface area contributed by atoms with Crippen molar-refractivity contribution in [1.82, 2.24) is 5.32 Å². The van der Waals surface area contributed by atoms with E-state index in [1.807, 2.05) is 6.26 Å². The lowest BCUT2D eigenvalue weighted by Crippen LogP contribution is -2.43. The molecule has 1 atom stereocenters. The van der Waals surface area contributed by atoms with Gasteiger partial charge in [-0.25, -0.2) is 9.59 Å². The molecule has 1 rings (SSSR count). The number of rotatable bonds is 7. The topological polar surface area (TPSA) is 87.7 Å². The van der Waals surface area contributed by atoms with E-state index in [1.165, 1.54) is 18.9 Å². The monoisotopic (exact) mass is 332 g/mol. The third-order valence-electron chi connectivity index (χ3n) is 2.64. The molecule has 0 aliphatic carbocycles. The number of nitrogens with one attached hydrogen (secondary N) is 2. The number of carboxylic acid groups (broad SMARTS) is 1. The second-order valence-corrected chi connectivity index (χ2v) is 5.51. The quantitative estimate of drug-likeness (QED) is 0.714. The third-order valence-corrected chi connectivity index (χ3v) is 3.61. The lowest BCUT2D eigenvalue weighted by molar-refractivity contribution is -0.139. The number of benzene rings is 1. The van der Waals surface area contributed by atoms with Crippen LogP contribution in [0, 0.1) is 0 Å². The van der Waals surface area contributed by atoms with Crippen molar-refractivity contribution in [3.63, 3.8) is 0 Å². The number of hydrogen-bond acceptors (Lipinski definition) is 4. The van der Waals surface area contributed by atoms with Gasteiger partial charge in [-0.1, -0.05) is 11.6 Å². The predicted molar refractivity (Wildman–Crippen MR) is 84.6 cm³/mol. The molecule has 116 valence electrons. The summed E-state index contributed by atoms with van der Waals surface area (Å²) in [4.78, 5) is 22.9. The Morgan fingerprint density at radius 2 is 2.19 bits per heavy atom. The van der Waals surface area contributed by atoms with Crippen LogP contribution >= 0.6 is 23.4 Å². The molecule has 0 aliphatic rings. The van der Waals surface area contributed by atoms with Crippen molar-refractivity contribution in [2.75, 3.05) is 24.4 Å². The zero-order chi connectivity index (χ0) is 15.8. The summed E-state index contributed by atoms with van der Waals surface area (Å²) in [6, 6.07) is 3.22. The van der Waals surface area contributed by atoms with Crippen LogP contribution in [0.4, 0.5) is 10.5 Å². The molecule has 0 saturated heterocycles. The number of urea groups is 1. The van der Waals surface area contributed by atoms with Gasteiger partial charge in [-0.15, -0.1) is 0 Å². The minimum atomic E-state index is -1.07. The number of carbonyl (C=O) groups excluding carboxylic acids is 1. The Balaban J connectivity index is 2.69. The second kappa shape index (κ2) is 8.63. The molecule has 8 heteroatoms. The number of carboxylic acids is 1. The largest absolute Gasteiger partial charge is 0.497 e. The van der Waals surface area contributed by atoms with Crippen LogP contribution in [-0.4, -0.2) is 42.3 Å². The Kier molecular flexibility index (Phi) is 7.18. The lowest BCUT2D eigenvalue weighted by Gasteiger charge is -2.15. The smallest absolute Gasteiger partial charge is 0.326 e. The molecule has 3 N–H and O–H groups in total. The van der Waals surface area contributed by atoms with Crippen LogP contribution in [0.25, 0.3) is 0 Å². The average Bonchev–Trinajstić information content (AvgIpc) is 2.45. The number of hydrogen-bond donors (Lipinski definition) is 3. The van der Waals surface area contributed by atoms with Gasteiger partial charge in [-0.05, 0) is 30.6 Å². The summed E-state index contributed by atoms with van der Waals surface area (Å²) < 4.78 is 5.04. The summed E-state index contributed by atoms with van der Waals surface area (Å²) in [6.45, 7) is 0. The summed E-state index contributed by atoms with van der Waals surface area (Å²) in [5.74, 6) is 0.0970. The van der Waals surface area contributed by atoms with Crippen molar-refractivity contribution in [3.05, 3.63) is 23.2 Å². The molecular formula is C13H17ClN2O4S. The van der Waals surface area contributed by atoms with Gasteiger partial charge in [0, 0.05) is 6.07 Å². The Morgan fingerprint density at radius 1 is 1.48 bits per heavy atom. The molecule has 0 unspecified atom stereocenters. The number of carbonyl (C=O) groups is 2. The van der Waals surface area contributed by atoms with Gasteiger partial charge in [0.05, 0.1) is 17.8 Å². The van der Waals surface area contributed by atoms with Gasteiger partial charge in [0.15, 0.2) is 0 Å². The van der Waals surface area contributed by atoms with Gasteiger partial charge >= 0.3 is 12.0 Å². The molecule has 0 radical (unpaired) electrons. The van der Waals surface area contributed by atoms with Gasteiger partial charge in [-0.3, -0.25) is 0 Å². The normalized spacial score (nSPS) is 11.6. The average molecular weight is 333 g/mol. The van der Waals surface area contributed by atoms with Crippen molar-refractivity contribution < 1.29 is 19.4 Å². The number of amides is 2. The Labute approximate surface area is 132 Å². The van der Waals surface area contributed by atoms with E-state index in [4.69, 9.17) is 21.4 Å². The maximum atomic E-state index is 11.9. The number of halogens is 1. The van der Waals surface area contributed by atoms with Crippen LogP contribution < -0.4 is 15.4 Å². The maximum absolute atomic E-state index is 11.9. The fraction of sp³-hybridized carbons (Fsp3) is 0.385. The van der Waals surface area contributed by atoms with E-state index in [2.05, 4.69) is 10.6 Å². The highest BCUT2D eigenvalue weighted by Gasteiger charge is 2.19. The van der Waals surface area contributed by atoms with Gasteiger partial charge in [0.25, 0.3) is 0 Å². The van der Waals surface area contributed by atoms with Gasteiger partial charge < -0.3 is 20.5 Å². The number of methoxy groups -OCH3 is 1. The zero-order valence-electron chi connectivity index (χ0n) is 11.7. The molecule has 1 aromatic rings. The first-order valence-corrected chi connectivity index (χ1v) is 7.88. The molecule has 0 aromatic heterocycles. The molecule has 6 nitrogen and oxygen atoms in total. The summed E-state index contributed by atoms with van der Waals surface area (Å²) in [5, 5.41) is 14.3. The molecule has 21 heavy (non-hydrogen) atoms. The fourth-order valence-corrected chi connectivity index (χ4v) is 2.17. The van der Waals surface area contributed by atoms with E-state index in [1.54, 1.807) is 18.2 Å². The molecule has 0 fully saturated rings. The summed E-state index contributed by atoms with van der Waals surface area (Å²) >= 11 is 7.48. The molecule has 0 heterocycles. The van der Waals surface area contributed by atoms with E-state index >= 15 is 0 Å². The molecule has 0 bridgehead atoms. The lowest BCUT2D eigenvalue weighted by atomic mass is 10.2. The zero-order valence-corrected chi connectivity index (χ0v) is 13.3. The second-order valence-electron chi connectivity index (χ2n) is 4.12. The molecule has 0 spiro atoms. The fourth-order valence-electron chi connectivity index (χ4n) is 1.54.